The predicted octanol–water partition coefficient (Wildman–Crippen LogP) is 1.11. The Morgan fingerprint density at radius 3 is 2.57 bits per heavy atom. The molecule has 0 aromatic carbocycles. The van der Waals surface area contributed by atoms with Crippen molar-refractivity contribution in [1.29, 1.82) is 0 Å². The summed E-state index contributed by atoms with van der Waals surface area (Å²) in [5.41, 5.74) is 0. The third-order valence-corrected chi connectivity index (χ3v) is 2.94. The second kappa shape index (κ2) is 4.44. The third-order valence-electron chi connectivity index (χ3n) is 2.94. The van der Waals surface area contributed by atoms with E-state index >= 15 is 0 Å². The summed E-state index contributed by atoms with van der Waals surface area (Å²) in [4.78, 5) is 23.3. The van der Waals surface area contributed by atoms with Gasteiger partial charge in [-0.1, -0.05) is 6.92 Å². The van der Waals surface area contributed by atoms with Crippen molar-refractivity contribution in [2.75, 3.05) is 6.54 Å². The molecule has 0 bridgehead atoms. The molecule has 1 amide bonds. The lowest BCUT2D eigenvalue weighted by molar-refractivity contribution is -0.139. The highest BCUT2D eigenvalue weighted by Crippen LogP contribution is 2.27. The van der Waals surface area contributed by atoms with E-state index in [1.807, 2.05) is 11.8 Å². The molecule has 0 aromatic heterocycles. The maximum Gasteiger partial charge on any atom is 0.303 e. The van der Waals surface area contributed by atoms with Crippen LogP contribution in [0.4, 0.5) is 0 Å². The SMILES string of the molecule is CC(=O)N1CCC1C(C)CCC(=O)O. The predicted molar refractivity (Wildman–Crippen MR) is 51.8 cm³/mol. The van der Waals surface area contributed by atoms with Gasteiger partial charge in [-0.25, -0.2) is 0 Å². The number of amides is 1. The lowest BCUT2D eigenvalue weighted by atomic mass is 9.87. The molecule has 0 radical (unpaired) electrons. The molecule has 2 atom stereocenters. The van der Waals surface area contributed by atoms with Gasteiger partial charge in [0, 0.05) is 25.9 Å². The van der Waals surface area contributed by atoms with Gasteiger partial charge in [0.15, 0.2) is 0 Å². The van der Waals surface area contributed by atoms with E-state index in [0.29, 0.717) is 12.3 Å². The molecule has 1 heterocycles. The van der Waals surface area contributed by atoms with Crippen LogP contribution >= 0.6 is 0 Å². The van der Waals surface area contributed by atoms with Crippen LogP contribution in [0.3, 0.4) is 0 Å². The maximum absolute atomic E-state index is 11.1. The van der Waals surface area contributed by atoms with Crippen molar-refractivity contribution in [3.8, 4) is 0 Å². The first-order valence-electron chi connectivity index (χ1n) is 5.01. The van der Waals surface area contributed by atoms with Crippen LogP contribution in [0.1, 0.15) is 33.1 Å². The zero-order valence-electron chi connectivity index (χ0n) is 8.69. The first-order chi connectivity index (χ1) is 6.52. The van der Waals surface area contributed by atoms with Gasteiger partial charge >= 0.3 is 5.97 Å². The summed E-state index contributed by atoms with van der Waals surface area (Å²) in [6.45, 7) is 4.41. The number of carbonyl (C=O) groups is 2. The van der Waals surface area contributed by atoms with Crippen molar-refractivity contribution in [3.63, 3.8) is 0 Å². The minimum Gasteiger partial charge on any atom is -0.481 e. The summed E-state index contributed by atoms with van der Waals surface area (Å²) in [6.07, 6.45) is 1.87. The Kier molecular flexibility index (Phi) is 3.49. The number of hydrogen-bond acceptors (Lipinski definition) is 2. The molecule has 1 fully saturated rings. The highest BCUT2D eigenvalue weighted by molar-refractivity contribution is 5.74. The normalized spacial score (nSPS) is 22.7. The Bertz CT molecular complexity index is 240. The van der Waals surface area contributed by atoms with E-state index in [1.165, 1.54) is 0 Å². The number of likely N-dealkylation sites (tertiary alicyclic amines) is 1. The van der Waals surface area contributed by atoms with Crippen molar-refractivity contribution >= 4 is 11.9 Å². The molecule has 1 aliphatic rings. The summed E-state index contributed by atoms with van der Waals surface area (Å²) in [5.74, 6) is -0.363. The summed E-state index contributed by atoms with van der Waals surface area (Å²) in [5, 5.41) is 8.53. The summed E-state index contributed by atoms with van der Waals surface area (Å²) >= 11 is 0. The Balaban J connectivity index is 2.34. The van der Waals surface area contributed by atoms with E-state index in [1.54, 1.807) is 6.92 Å². The first-order valence-corrected chi connectivity index (χ1v) is 5.01. The smallest absolute Gasteiger partial charge is 0.303 e. The average molecular weight is 199 g/mol. The zero-order valence-corrected chi connectivity index (χ0v) is 8.69. The second-order valence-corrected chi connectivity index (χ2v) is 3.98. The van der Waals surface area contributed by atoms with Gasteiger partial charge in [0.05, 0.1) is 0 Å². The molecular formula is C10H17NO3. The fourth-order valence-electron chi connectivity index (χ4n) is 1.93. The van der Waals surface area contributed by atoms with E-state index in [2.05, 4.69) is 0 Å². The fraction of sp³-hybridized carbons (Fsp3) is 0.800. The van der Waals surface area contributed by atoms with Gasteiger partial charge in [-0.05, 0) is 18.8 Å². The van der Waals surface area contributed by atoms with Crippen LogP contribution in [0, 0.1) is 5.92 Å². The van der Waals surface area contributed by atoms with Gasteiger partial charge in [-0.15, -0.1) is 0 Å². The highest BCUT2D eigenvalue weighted by Gasteiger charge is 2.33. The molecule has 4 heteroatoms. The van der Waals surface area contributed by atoms with Crippen LogP contribution in [0.2, 0.25) is 0 Å². The third kappa shape index (κ3) is 2.47. The number of nitrogens with zero attached hydrogens (tertiary/aromatic N) is 1. The number of aliphatic carboxylic acids is 1. The molecular weight excluding hydrogens is 182 g/mol. The molecule has 1 rings (SSSR count). The van der Waals surface area contributed by atoms with Crippen molar-refractivity contribution in [3.05, 3.63) is 0 Å². The minimum atomic E-state index is -0.759. The lowest BCUT2D eigenvalue weighted by Gasteiger charge is -2.44. The topological polar surface area (TPSA) is 57.6 Å². The zero-order chi connectivity index (χ0) is 10.7. The van der Waals surface area contributed by atoms with Crippen LogP contribution in [0.25, 0.3) is 0 Å². The van der Waals surface area contributed by atoms with Crippen molar-refractivity contribution in [2.24, 2.45) is 5.92 Å². The number of carbonyl (C=O) groups excluding carboxylic acids is 1. The summed E-state index contributed by atoms with van der Waals surface area (Å²) in [6, 6.07) is 0.270. The number of rotatable bonds is 4. The number of hydrogen-bond donors (Lipinski definition) is 1. The Labute approximate surface area is 83.9 Å². The monoisotopic (exact) mass is 199 g/mol. The maximum atomic E-state index is 11.1. The van der Waals surface area contributed by atoms with Crippen LogP contribution in [0.15, 0.2) is 0 Å². The van der Waals surface area contributed by atoms with E-state index in [9.17, 15) is 9.59 Å². The molecule has 14 heavy (non-hydrogen) atoms. The Morgan fingerprint density at radius 2 is 2.21 bits per heavy atom. The molecule has 1 N–H and O–H groups in total. The molecule has 0 aromatic rings. The molecule has 1 aliphatic heterocycles. The lowest BCUT2D eigenvalue weighted by Crippen LogP contribution is -2.53. The molecule has 80 valence electrons. The van der Waals surface area contributed by atoms with Gasteiger partial charge in [-0.3, -0.25) is 9.59 Å². The van der Waals surface area contributed by atoms with E-state index in [4.69, 9.17) is 5.11 Å². The fourth-order valence-corrected chi connectivity index (χ4v) is 1.93. The minimum absolute atomic E-state index is 0.100. The van der Waals surface area contributed by atoms with Crippen molar-refractivity contribution in [2.45, 2.75) is 39.2 Å². The molecule has 0 spiro atoms. The average Bonchev–Trinajstić information content (AvgIpc) is 1.97. The van der Waals surface area contributed by atoms with Gasteiger partial charge in [0.1, 0.15) is 0 Å². The van der Waals surface area contributed by atoms with Crippen LogP contribution in [-0.2, 0) is 9.59 Å². The largest absolute Gasteiger partial charge is 0.481 e. The molecule has 0 saturated carbocycles. The van der Waals surface area contributed by atoms with E-state index in [0.717, 1.165) is 13.0 Å². The van der Waals surface area contributed by atoms with Crippen LogP contribution in [-0.4, -0.2) is 34.5 Å². The second-order valence-electron chi connectivity index (χ2n) is 3.98. The van der Waals surface area contributed by atoms with Gasteiger partial charge in [-0.2, -0.15) is 0 Å². The highest BCUT2D eigenvalue weighted by atomic mass is 16.4. The molecule has 1 saturated heterocycles. The molecule has 4 nitrogen and oxygen atoms in total. The van der Waals surface area contributed by atoms with Crippen molar-refractivity contribution < 1.29 is 14.7 Å². The van der Waals surface area contributed by atoms with Crippen molar-refractivity contribution in [1.82, 2.24) is 4.90 Å². The van der Waals surface area contributed by atoms with Crippen LogP contribution < -0.4 is 0 Å². The van der Waals surface area contributed by atoms with Gasteiger partial charge < -0.3 is 10.0 Å². The number of carboxylic acid groups (broad SMARTS) is 1. The first kappa shape index (κ1) is 11.0. The Morgan fingerprint density at radius 1 is 1.57 bits per heavy atom. The van der Waals surface area contributed by atoms with Gasteiger partial charge in [0.25, 0.3) is 0 Å². The van der Waals surface area contributed by atoms with Crippen LogP contribution in [0.5, 0.6) is 0 Å². The quantitative estimate of drug-likeness (QED) is 0.737. The van der Waals surface area contributed by atoms with Gasteiger partial charge in [0.2, 0.25) is 5.91 Å². The number of carboxylic acids is 1. The molecule has 2 unspecified atom stereocenters. The van der Waals surface area contributed by atoms with E-state index in [-0.39, 0.29) is 18.4 Å². The molecule has 0 aliphatic carbocycles. The standard InChI is InChI=1S/C10H17NO3/c1-7(3-4-10(13)14)9-5-6-11(9)8(2)12/h7,9H,3-6H2,1-2H3,(H,13,14). The summed E-state index contributed by atoms with van der Waals surface area (Å²) < 4.78 is 0. The summed E-state index contributed by atoms with van der Waals surface area (Å²) in [7, 11) is 0. The Hall–Kier alpha value is -1.06. The van der Waals surface area contributed by atoms with E-state index < -0.39 is 5.97 Å².